The maximum absolute atomic E-state index is 13.4. The molecular formula is C28H22FN5O2S. The fourth-order valence-electron chi connectivity index (χ4n) is 4.92. The quantitative estimate of drug-likeness (QED) is 0.352. The average molecular weight is 512 g/mol. The average Bonchev–Trinajstić information content (AvgIpc) is 3.61. The number of nitrogens with zero attached hydrogens (tertiary/aromatic N) is 4. The molecule has 2 amide bonds. The molecule has 1 fully saturated rings. The van der Waals surface area contributed by atoms with Crippen LogP contribution in [0.2, 0.25) is 0 Å². The third kappa shape index (κ3) is 4.17. The first kappa shape index (κ1) is 23.1. The van der Waals surface area contributed by atoms with Crippen LogP contribution < -0.4 is 10.2 Å². The van der Waals surface area contributed by atoms with Gasteiger partial charge in [-0.25, -0.2) is 14.1 Å². The number of halogens is 1. The molecular weight excluding hydrogens is 489 g/mol. The van der Waals surface area contributed by atoms with E-state index in [1.54, 1.807) is 33.4 Å². The van der Waals surface area contributed by atoms with E-state index in [4.69, 9.17) is 0 Å². The van der Waals surface area contributed by atoms with E-state index >= 15 is 0 Å². The Labute approximate surface area is 216 Å². The molecule has 2 aromatic heterocycles. The van der Waals surface area contributed by atoms with Gasteiger partial charge in [0.25, 0.3) is 5.91 Å². The number of nitrogens with one attached hydrogen (secondary N) is 1. The Morgan fingerprint density at radius 1 is 1.05 bits per heavy atom. The molecule has 0 radical (unpaired) electrons. The van der Waals surface area contributed by atoms with E-state index in [1.165, 1.54) is 23.5 Å². The Bertz CT molecular complexity index is 1610. The lowest BCUT2D eigenvalue weighted by atomic mass is 9.99. The zero-order chi connectivity index (χ0) is 25.5. The van der Waals surface area contributed by atoms with Crippen molar-refractivity contribution in [2.45, 2.75) is 25.4 Å². The summed E-state index contributed by atoms with van der Waals surface area (Å²) < 4.78 is 15.1. The highest BCUT2D eigenvalue weighted by molar-refractivity contribution is 7.09. The lowest BCUT2D eigenvalue weighted by Crippen LogP contribution is -2.40. The van der Waals surface area contributed by atoms with Crippen LogP contribution in [0.5, 0.6) is 0 Å². The van der Waals surface area contributed by atoms with Crippen molar-refractivity contribution >= 4 is 39.7 Å². The maximum atomic E-state index is 13.4. The number of carbonyl (C=O) groups excluding carboxylic acids is 2. The van der Waals surface area contributed by atoms with Crippen molar-refractivity contribution < 1.29 is 14.0 Å². The first-order chi connectivity index (χ1) is 18.0. The van der Waals surface area contributed by atoms with Crippen LogP contribution in [0.25, 0.3) is 16.6 Å². The maximum Gasteiger partial charge on any atom is 0.271 e. The summed E-state index contributed by atoms with van der Waals surface area (Å²) in [4.78, 5) is 33.2. The molecule has 0 saturated carbocycles. The summed E-state index contributed by atoms with van der Waals surface area (Å²) in [6.45, 7) is 1.86. The van der Waals surface area contributed by atoms with Crippen molar-refractivity contribution in [2.24, 2.45) is 0 Å². The zero-order valence-electron chi connectivity index (χ0n) is 19.8. The number of carbonyl (C=O) groups is 2. The molecule has 3 heterocycles. The third-order valence-corrected chi connectivity index (χ3v) is 7.40. The number of anilines is 1. The van der Waals surface area contributed by atoms with Crippen LogP contribution in [0.15, 0.2) is 84.5 Å². The molecule has 184 valence electrons. The van der Waals surface area contributed by atoms with Crippen LogP contribution in [-0.4, -0.2) is 32.6 Å². The summed E-state index contributed by atoms with van der Waals surface area (Å²) in [5.41, 5.74) is 5.25. The molecule has 0 spiro atoms. The molecule has 37 heavy (non-hydrogen) atoms. The molecule has 1 aliphatic heterocycles. The lowest BCUT2D eigenvalue weighted by molar-refractivity contribution is -0.117. The number of benzene rings is 3. The summed E-state index contributed by atoms with van der Waals surface area (Å²) in [7, 11) is 0. The number of aryl methyl sites for hydroxylation is 1. The first-order valence-corrected chi connectivity index (χ1v) is 12.7. The minimum Gasteiger partial charge on any atom is -0.345 e. The van der Waals surface area contributed by atoms with Gasteiger partial charge in [0.15, 0.2) is 0 Å². The second-order valence-corrected chi connectivity index (χ2v) is 10.00. The third-order valence-electron chi connectivity index (χ3n) is 6.64. The molecule has 0 unspecified atom stereocenters. The molecule has 6 rings (SSSR count). The summed E-state index contributed by atoms with van der Waals surface area (Å²) in [5.74, 6) is -0.677. The summed E-state index contributed by atoms with van der Waals surface area (Å²) in [6, 6.07) is 20.7. The van der Waals surface area contributed by atoms with Crippen molar-refractivity contribution in [2.75, 3.05) is 4.90 Å². The van der Waals surface area contributed by atoms with E-state index in [2.05, 4.69) is 15.4 Å². The van der Waals surface area contributed by atoms with E-state index in [1.807, 2.05) is 55.5 Å². The van der Waals surface area contributed by atoms with Crippen molar-refractivity contribution in [1.29, 1.82) is 0 Å². The number of rotatable bonds is 5. The van der Waals surface area contributed by atoms with Crippen LogP contribution in [0, 0.1) is 12.7 Å². The lowest BCUT2D eigenvalue weighted by Gasteiger charge is -2.29. The van der Waals surface area contributed by atoms with Gasteiger partial charge in [0.05, 0.1) is 35.0 Å². The molecule has 5 aromatic rings. The van der Waals surface area contributed by atoms with Crippen molar-refractivity contribution in [3.8, 4) is 5.69 Å². The summed E-state index contributed by atoms with van der Waals surface area (Å²) >= 11 is 1.41. The smallest absolute Gasteiger partial charge is 0.271 e. The highest BCUT2D eigenvalue weighted by Gasteiger charge is 2.42. The molecule has 1 N–H and O–H groups in total. The number of amides is 2. The molecule has 7 nitrogen and oxygen atoms in total. The van der Waals surface area contributed by atoms with Crippen molar-refractivity contribution in [3.63, 3.8) is 0 Å². The zero-order valence-corrected chi connectivity index (χ0v) is 20.7. The number of hydrogen-bond donors (Lipinski definition) is 1. The second kappa shape index (κ2) is 9.25. The predicted octanol–water partition coefficient (Wildman–Crippen LogP) is 5.21. The Kier molecular flexibility index (Phi) is 5.77. The van der Waals surface area contributed by atoms with Gasteiger partial charge in [-0.05, 0) is 55.0 Å². The fourth-order valence-corrected chi connectivity index (χ4v) is 5.49. The predicted molar refractivity (Wildman–Crippen MR) is 140 cm³/mol. The number of aromatic nitrogens is 3. The van der Waals surface area contributed by atoms with Crippen LogP contribution in [0.3, 0.4) is 0 Å². The second-order valence-electron chi connectivity index (χ2n) is 8.94. The largest absolute Gasteiger partial charge is 0.345 e. The van der Waals surface area contributed by atoms with Gasteiger partial charge in [-0.2, -0.15) is 5.10 Å². The number of fused-ring (bicyclic) bond motifs is 1. The van der Waals surface area contributed by atoms with Gasteiger partial charge in [0.2, 0.25) is 5.91 Å². The highest BCUT2D eigenvalue weighted by atomic mass is 32.1. The van der Waals surface area contributed by atoms with Gasteiger partial charge >= 0.3 is 0 Å². The monoisotopic (exact) mass is 511 g/mol. The molecule has 0 aliphatic carbocycles. The van der Waals surface area contributed by atoms with Crippen LogP contribution in [0.4, 0.5) is 10.1 Å². The van der Waals surface area contributed by atoms with Gasteiger partial charge in [-0.3, -0.25) is 9.59 Å². The van der Waals surface area contributed by atoms with Gasteiger partial charge in [0, 0.05) is 22.4 Å². The first-order valence-electron chi connectivity index (χ1n) is 11.8. The van der Waals surface area contributed by atoms with Crippen LogP contribution in [0.1, 0.15) is 33.4 Å². The Morgan fingerprint density at radius 2 is 1.81 bits per heavy atom. The highest BCUT2D eigenvalue weighted by Crippen LogP contribution is 2.39. The number of hydrogen-bond acceptors (Lipinski definition) is 5. The Hall–Kier alpha value is -4.37. The van der Waals surface area contributed by atoms with Gasteiger partial charge in [0.1, 0.15) is 11.5 Å². The van der Waals surface area contributed by atoms with Gasteiger partial charge in [-0.1, -0.05) is 30.3 Å². The molecule has 1 saturated heterocycles. The molecule has 1 aliphatic rings. The summed E-state index contributed by atoms with van der Waals surface area (Å²) in [6.07, 6.45) is 1.89. The fraction of sp³-hybridized carbons (Fsp3) is 0.143. The minimum absolute atomic E-state index is 0.0839. The van der Waals surface area contributed by atoms with E-state index in [9.17, 15) is 14.0 Å². The van der Waals surface area contributed by atoms with Gasteiger partial charge < -0.3 is 10.2 Å². The normalized spacial score (nSPS) is 17.5. The van der Waals surface area contributed by atoms with Crippen molar-refractivity contribution in [1.82, 2.24) is 20.1 Å². The molecule has 9 heteroatoms. The van der Waals surface area contributed by atoms with E-state index < -0.39 is 6.04 Å². The van der Waals surface area contributed by atoms with Gasteiger partial charge in [-0.15, -0.1) is 11.3 Å². The minimum atomic E-state index is -0.430. The SMILES string of the molecule is Cc1scnc1C(=O)N[C@H]1CC(=O)N(c2ccc3c(cnn3-c3ccc(F)cc3)c2)[C@@H]1c1ccccc1. The molecule has 2 atom stereocenters. The van der Waals surface area contributed by atoms with E-state index in [0.717, 1.165) is 27.0 Å². The van der Waals surface area contributed by atoms with Crippen molar-refractivity contribution in [3.05, 3.63) is 106 Å². The van der Waals surface area contributed by atoms with E-state index in [0.29, 0.717) is 11.4 Å². The molecule has 3 aromatic carbocycles. The molecule has 0 bridgehead atoms. The standard InChI is InChI=1S/C28H22FN5O2S/c1-17-26(30-16-37-17)28(36)32-23-14-25(35)33(27(23)18-5-3-2-4-6-18)22-11-12-24-19(13-22)15-31-34(24)21-9-7-20(29)8-10-21/h2-13,15-16,23,27H,14H2,1H3,(H,32,36)/t23-,27+/m0/s1. The van der Waals surface area contributed by atoms with E-state index in [-0.39, 0.29) is 30.1 Å². The Balaban J connectivity index is 1.37. The topological polar surface area (TPSA) is 80.1 Å². The van der Waals surface area contributed by atoms with Crippen LogP contribution >= 0.6 is 11.3 Å². The Morgan fingerprint density at radius 3 is 2.54 bits per heavy atom. The number of thiazole rings is 1. The van der Waals surface area contributed by atoms with Crippen LogP contribution in [-0.2, 0) is 4.79 Å². The summed E-state index contributed by atoms with van der Waals surface area (Å²) in [5, 5.41) is 8.38.